The van der Waals surface area contributed by atoms with Crippen LogP contribution < -0.4 is 5.14 Å². The first-order valence-corrected chi connectivity index (χ1v) is 5.78. The number of carboxylic acids is 1. The standard InChI is InChI=1S/C9H11NO4S/c10-15(13,14)8-4-2-1-3-7(8)5-6-9(11)12/h1-4H,5-6H2,(H,11,12)(H2,10,13,14). The summed E-state index contributed by atoms with van der Waals surface area (Å²) in [6, 6.07) is 6.12. The minimum Gasteiger partial charge on any atom is -0.481 e. The van der Waals surface area contributed by atoms with E-state index < -0.39 is 16.0 Å². The van der Waals surface area contributed by atoms with E-state index in [9.17, 15) is 13.2 Å². The number of nitrogens with two attached hydrogens (primary N) is 1. The Bertz CT molecular complexity index is 467. The minimum atomic E-state index is -3.77. The van der Waals surface area contributed by atoms with Crippen molar-refractivity contribution >= 4 is 16.0 Å². The Hall–Kier alpha value is -1.40. The van der Waals surface area contributed by atoms with E-state index >= 15 is 0 Å². The molecule has 0 aliphatic rings. The molecule has 0 bridgehead atoms. The van der Waals surface area contributed by atoms with Gasteiger partial charge in [-0.05, 0) is 18.1 Å². The van der Waals surface area contributed by atoms with Gasteiger partial charge in [-0.1, -0.05) is 18.2 Å². The lowest BCUT2D eigenvalue weighted by molar-refractivity contribution is -0.136. The normalized spacial score (nSPS) is 11.3. The molecule has 1 rings (SSSR count). The fourth-order valence-corrected chi connectivity index (χ4v) is 2.03. The lowest BCUT2D eigenvalue weighted by Gasteiger charge is -2.05. The van der Waals surface area contributed by atoms with E-state index in [1.165, 1.54) is 6.07 Å². The third-order valence-corrected chi connectivity index (χ3v) is 2.90. The molecular weight excluding hydrogens is 218 g/mol. The molecule has 0 aromatic heterocycles. The number of carbonyl (C=O) groups is 1. The van der Waals surface area contributed by atoms with Crippen LogP contribution in [0.2, 0.25) is 0 Å². The summed E-state index contributed by atoms with van der Waals surface area (Å²) in [6.45, 7) is 0. The summed E-state index contributed by atoms with van der Waals surface area (Å²) in [4.78, 5) is 10.3. The van der Waals surface area contributed by atoms with Gasteiger partial charge in [0.1, 0.15) is 0 Å². The molecule has 0 aliphatic carbocycles. The Kier molecular flexibility index (Phi) is 3.43. The van der Waals surface area contributed by atoms with Gasteiger partial charge in [0, 0.05) is 6.42 Å². The number of primary sulfonamides is 1. The van der Waals surface area contributed by atoms with Gasteiger partial charge < -0.3 is 5.11 Å². The molecule has 0 aliphatic heterocycles. The summed E-state index contributed by atoms with van der Waals surface area (Å²) >= 11 is 0. The highest BCUT2D eigenvalue weighted by Gasteiger charge is 2.13. The van der Waals surface area contributed by atoms with Gasteiger partial charge in [-0.3, -0.25) is 4.79 Å². The van der Waals surface area contributed by atoms with Crippen molar-refractivity contribution in [2.45, 2.75) is 17.7 Å². The Morgan fingerprint density at radius 1 is 1.33 bits per heavy atom. The molecule has 0 saturated heterocycles. The van der Waals surface area contributed by atoms with Gasteiger partial charge in [-0.25, -0.2) is 13.6 Å². The van der Waals surface area contributed by atoms with Gasteiger partial charge >= 0.3 is 5.97 Å². The lowest BCUT2D eigenvalue weighted by atomic mass is 10.1. The predicted octanol–water partition coefficient (Wildman–Crippen LogP) is 0.351. The highest BCUT2D eigenvalue weighted by atomic mass is 32.2. The van der Waals surface area contributed by atoms with Crippen molar-refractivity contribution in [1.82, 2.24) is 0 Å². The number of aliphatic carboxylic acids is 1. The summed E-state index contributed by atoms with van der Waals surface area (Å²) in [5.41, 5.74) is 0.433. The van der Waals surface area contributed by atoms with Gasteiger partial charge in [0.15, 0.2) is 0 Å². The molecule has 0 radical (unpaired) electrons. The molecule has 0 spiro atoms. The number of hydrogen-bond donors (Lipinski definition) is 2. The predicted molar refractivity (Wildman–Crippen MR) is 53.8 cm³/mol. The number of rotatable bonds is 4. The maximum atomic E-state index is 11.1. The van der Waals surface area contributed by atoms with Crippen LogP contribution in [-0.4, -0.2) is 19.5 Å². The van der Waals surface area contributed by atoms with Gasteiger partial charge in [-0.2, -0.15) is 0 Å². The average Bonchev–Trinajstić information content (AvgIpc) is 2.13. The first kappa shape index (κ1) is 11.7. The summed E-state index contributed by atoms with van der Waals surface area (Å²) in [7, 11) is -3.77. The zero-order chi connectivity index (χ0) is 11.5. The second-order valence-electron chi connectivity index (χ2n) is 3.05. The molecule has 0 atom stereocenters. The van der Waals surface area contributed by atoms with Gasteiger partial charge in [0.2, 0.25) is 10.0 Å². The zero-order valence-corrected chi connectivity index (χ0v) is 8.70. The smallest absolute Gasteiger partial charge is 0.303 e. The van der Waals surface area contributed by atoms with Crippen molar-refractivity contribution in [1.29, 1.82) is 0 Å². The molecule has 5 nitrogen and oxygen atoms in total. The summed E-state index contributed by atoms with van der Waals surface area (Å²) < 4.78 is 22.3. The van der Waals surface area contributed by atoms with E-state index in [1.54, 1.807) is 18.2 Å². The van der Waals surface area contributed by atoms with Crippen LogP contribution in [0, 0.1) is 0 Å². The van der Waals surface area contributed by atoms with Gasteiger partial charge in [-0.15, -0.1) is 0 Å². The molecule has 0 saturated carbocycles. The second-order valence-corrected chi connectivity index (χ2v) is 4.58. The number of sulfonamides is 1. The monoisotopic (exact) mass is 229 g/mol. The number of hydrogen-bond acceptors (Lipinski definition) is 3. The van der Waals surface area contributed by atoms with Crippen molar-refractivity contribution in [3.63, 3.8) is 0 Å². The fraction of sp³-hybridized carbons (Fsp3) is 0.222. The number of benzene rings is 1. The molecule has 0 fully saturated rings. The third kappa shape index (κ3) is 3.34. The number of aryl methyl sites for hydroxylation is 1. The van der Waals surface area contributed by atoms with Crippen molar-refractivity contribution in [2.75, 3.05) is 0 Å². The van der Waals surface area contributed by atoms with Crippen molar-refractivity contribution in [3.8, 4) is 0 Å². The molecule has 0 heterocycles. The van der Waals surface area contributed by atoms with Crippen LogP contribution in [-0.2, 0) is 21.2 Å². The quantitative estimate of drug-likeness (QED) is 0.778. The third-order valence-electron chi connectivity index (χ3n) is 1.89. The van der Waals surface area contributed by atoms with Crippen LogP contribution in [0.1, 0.15) is 12.0 Å². The maximum absolute atomic E-state index is 11.1. The molecule has 1 aromatic rings. The highest BCUT2D eigenvalue weighted by Crippen LogP contribution is 2.15. The topological polar surface area (TPSA) is 97.5 Å². The van der Waals surface area contributed by atoms with Crippen molar-refractivity contribution < 1.29 is 18.3 Å². The Balaban J connectivity index is 3.02. The summed E-state index contributed by atoms with van der Waals surface area (Å²) in [5, 5.41) is 13.5. The fourth-order valence-electron chi connectivity index (χ4n) is 1.23. The second kappa shape index (κ2) is 4.41. The van der Waals surface area contributed by atoms with E-state index in [2.05, 4.69) is 0 Å². The van der Waals surface area contributed by atoms with Crippen molar-refractivity contribution in [3.05, 3.63) is 29.8 Å². The van der Waals surface area contributed by atoms with E-state index in [0.717, 1.165) is 0 Å². The van der Waals surface area contributed by atoms with E-state index in [-0.39, 0.29) is 17.7 Å². The molecule has 0 unspecified atom stereocenters. The Morgan fingerprint density at radius 3 is 2.47 bits per heavy atom. The number of carboxylic acid groups (broad SMARTS) is 1. The average molecular weight is 229 g/mol. The largest absolute Gasteiger partial charge is 0.481 e. The van der Waals surface area contributed by atoms with Gasteiger partial charge in [0.25, 0.3) is 0 Å². The molecular formula is C9H11NO4S. The molecule has 3 N–H and O–H groups in total. The van der Waals surface area contributed by atoms with Gasteiger partial charge in [0.05, 0.1) is 4.90 Å². The molecule has 82 valence electrons. The van der Waals surface area contributed by atoms with E-state index in [1.807, 2.05) is 0 Å². The Labute approximate surface area is 87.6 Å². The van der Waals surface area contributed by atoms with E-state index in [4.69, 9.17) is 10.2 Å². The first-order chi connectivity index (χ1) is 6.91. The molecule has 6 heteroatoms. The minimum absolute atomic E-state index is 0.00810. The van der Waals surface area contributed by atoms with Crippen LogP contribution in [0.4, 0.5) is 0 Å². The summed E-state index contributed by atoms with van der Waals surface area (Å²) in [5.74, 6) is -0.973. The van der Waals surface area contributed by atoms with Crippen LogP contribution >= 0.6 is 0 Å². The van der Waals surface area contributed by atoms with Crippen molar-refractivity contribution in [2.24, 2.45) is 5.14 Å². The Morgan fingerprint density at radius 2 is 1.93 bits per heavy atom. The SMILES string of the molecule is NS(=O)(=O)c1ccccc1CCC(=O)O. The van der Waals surface area contributed by atoms with E-state index in [0.29, 0.717) is 5.56 Å². The maximum Gasteiger partial charge on any atom is 0.303 e. The molecule has 1 aromatic carbocycles. The summed E-state index contributed by atoms with van der Waals surface area (Å²) in [6.07, 6.45) is 0.0362. The first-order valence-electron chi connectivity index (χ1n) is 4.24. The zero-order valence-electron chi connectivity index (χ0n) is 7.88. The van der Waals surface area contributed by atoms with Crippen LogP contribution in [0.15, 0.2) is 29.2 Å². The highest BCUT2D eigenvalue weighted by molar-refractivity contribution is 7.89. The molecule has 0 amide bonds. The van der Waals surface area contributed by atoms with Crippen LogP contribution in [0.5, 0.6) is 0 Å². The van der Waals surface area contributed by atoms with Crippen LogP contribution in [0.3, 0.4) is 0 Å². The van der Waals surface area contributed by atoms with Crippen LogP contribution in [0.25, 0.3) is 0 Å². The molecule has 15 heavy (non-hydrogen) atoms. The lowest BCUT2D eigenvalue weighted by Crippen LogP contribution is -2.15.